The lowest BCUT2D eigenvalue weighted by Gasteiger charge is -2.22. The van der Waals surface area contributed by atoms with E-state index in [1.807, 2.05) is 37.3 Å². The van der Waals surface area contributed by atoms with E-state index in [2.05, 4.69) is 0 Å². The van der Waals surface area contributed by atoms with Crippen LogP contribution >= 0.6 is 11.6 Å². The predicted molar refractivity (Wildman–Crippen MR) is 102 cm³/mol. The number of primary amides is 1. The minimum atomic E-state index is -0.433. The highest BCUT2D eigenvalue weighted by Crippen LogP contribution is 2.21. The summed E-state index contributed by atoms with van der Waals surface area (Å²) < 4.78 is 5.63. The first kappa shape index (κ1) is 19.8. The zero-order valence-electron chi connectivity index (χ0n) is 14.8. The molecule has 2 rings (SSSR count). The van der Waals surface area contributed by atoms with E-state index < -0.39 is 5.91 Å². The van der Waals surface area contributed by atoms with E-state index in [0.29, 0.717) is 23.7 Å². The maximum absolute atomic E-state index is 12.6. The molecule has 5 nitrogen and oxygen atoms in total. The van der Waals surface area contributed by atoms with Crippen LogP contribution in [0, 0.1) is 6.92 Å². The summed E-state index contributed by atoms with van der Waals surface area (Å²) in [5, 5.41) is 0.618. The van der Waals surface area contributed by atoms with Crippen LogP contribution in [-0.2, 0) is 16.0 Å². The van der Waals surface area contributed by atoms with E-state index >= 15 is 0 Å². The molecule has 0 fully saturated rings. The molecule has 2 amide bonds. The maximum atomic E-state index is 12.6. The highest BCUT2D eigenvalue weighted by Gasteiger charge is 2.15. The van der Waals surface area contributed by atoms with Gasteiger partial charge in [-0.05, 0) is 42.7 Å². The molecule has 0 atom stereocenters. The average molecular weight is 375 g/mol. The zero-order chi connectivity index (χ0) is 18.9. The van der Waals surface area contributed by atoms with Crippen molar-refractivity contribution in [2.75, 3.05) is 19.7 Å². The second-order valence-electron chi connectivity index (χ2n) is 6.03. The van der Waals surface area contributed by atoms with Gasteiger partial charge in [-0.25, -0.2) is 0 Å². The quantitative estimate of drug-likeness (QED) is 0.733. The van der Waals surface area contributed by atoms with Crippen molar-refractivity contribution in [3.63, 3.8) is 0 Å². The number of aryl methyl sites for hydroxylation is 1. The molecule has 0 aliphatic carbocycles. The Hall–Kier alpha value is -2.53. The fourth-order valence-electron chi connectivity index (χ4n) is 2.52. The molecule has 0 heterocycles. The number of carbonyl (C=O) groups is 2. The van der Waals surface area contributed by atoms with E-state index in [9.17, 15) is 9.59 Å². The molecule has 0 saturated heterocycles. The Kier molecular flexibility index (Phi) is 7.48. The average Bonchev–Trinajstić information content (AvgIpc) is 2.61. The van der Waals surface area contributed by atoms with E-state index in [0.717, 1.165) is 11.1 Å². The number of ether oxygens (including phenoxy) is 1. The minimum absolute atomic E-state index is 0.101. The minimum Gasteiger partial charge on any atom is -0.483 e. The molecule has 2 aromatic carbocycles. The molecule has 0 unspecified atom stereocenters. The first-order valence-electron chi connectivity index (χ1n) is 8.44. The number of benzene rings is 2. The normalized spacial score (nSPS) is 10.4. The molecule has 6 heteroatoms. The van der Waals surface area contributed by atoms with Crippen molar-refractivity contribution in [3.05, 3.63) is 64.7 Å². The van der Waals surface area contributed by atoms with Gasteiger partial charge in [-0.1, -0.05) is 41.9 Å². The predicted octanol–water partition coefficient (Wildman–Crippen LogP) is 2.97. The highest BCUT2D eigenvalue weighted by atomic mass is 35.5. The lowest BCUT2D eigenvalue weighted by molar-refractivity contribution is -0.133. The summed E-state index contributed by atoms with van der Waals surface area (Å²) in [6.45, 7) is 2.55. The maximum Gasteiger partial charge on any atom is 0.260 e. The highest BCUT2D eigenvalue weighted by molar-refractivity contribution is 6.30. The van der Waals surface area contributed by atoms with Crippen LogP contribution in [0.15, 0.2) is 48.5 Å². The lowest BCUT2D eigenvalue weighted by atomic mass is 10.1. The third kappa shape index (κ3) is 6.41. The Morgan fingerprint density at radius 3 is 2.50 bits per heavy atom. The molecule has 2 N–H and O–H groups in total. The third-order valence-electron chi connectivity index (χ3n) is 3.98. The summed E-state index contributed by atoms with van der Waals surface area (Å²) >= 11 is 5.93. The van der Waals surface area contributed by atoms with Gasteiger partial charge in [-0.3, -0.25) is 9.59 Å². The Morgan fingerprint density at radius 1 is 1.12 bits per heavy atom. The first-order valence-corrected chi connectivity index (χ1v) is 8.82. The molecule has 0 radical (unpaired) electrons. The Morgan fingerprint density at radius 2 is 1.85 bits per heavy atom. The zero-order valence-corrected chi connectivity index (χ0v) is 15.5. The summed E-state index contributed by atoms with van der Waals surface area (Å²) in [4.78, 5) is 25.3. The lowest BCUT2D eigenvalue weighted by Crippen LogP contribution is -2.38. The van der Waals surface area contributed by atoms with Gasteiger partial charge in [-0.2, -0.15) is 0 Å². The molecule has 2 aromatic rings. The molecule has 0 aromatic heterocycles. The van der Waals surface area contributed by atoms with E-state index in [1.165, 1.54) is 0 Å². The SMILES string of the molecule is Cc1cc(Cl)ccc1OCC(=O)N(CCC(N)=O)CCc1ccccc1. The number of hydrogen-bond acceptors (Lipinski definition) is 3. The van der Waals surface area contributed by atoms with Crippen LogP contribution in [0.2, 0.25) is 5.02 Å². The Balaban J connectivity index is 1.96. The molecule has 0 spiro atoms. The first-order chi connectivity index (χ1) is 12.5. The number of halogens is 1. The molecule has 0 aliphatic rings. The number of rotatable bonds is 9. The van der Waals surface area contributed by atoms with Crippen LogP contribution in [0.1, 0.15) is 17.5 Å². The molecule has 0 saturated carbocycles. The number of amides is 2. The Bertz CT molecular complexity index is 750. The third-order valence-corrected chi connectivity index (χ3v) is 4.22. The van der Waals surface area contributed by atoms with Gasteiger partial charge in [0.15, 0.2) is 6.61 Å². The fraction of sp³-hybridized carbons (Fsp3) is 0.300. The van der Waals surface area contributed by atoms with Crippen molar-refractivity contribution in [1.29, 1.82) is 0 Å². The van der Waals surface area contributed by atoms with Gasteiger partial charge in [0, 0.05) is 24.5 Å². The second kappa shape index (κ2) is 9.82. The van der Waals surface area contributed by atoms with Crippen LogP contribution in [0.4, 0.5) is 0 Å². The summed E-state index contributed by atoms with van der Waals surface area (Å²) in [7, 11) is 0. The van der Waals surface area contributed by atoms with E-state index in [4.69, 9.17) is 22.1 Å². The van der Waals surface area contributed by atoms with Gasteiger partial charge >= 0.3 is 0 Å². The standard InChI is InChI=1S/C20H23ClN2O3/c1-15-13-17(21)7-8-18(15)26-14-20(25)23(12-10-19(22)24)11-9-16-5-3-2-4-6-16/h2-8,13H,9-12,14H2,1H3,(H2,22,24). The second-order valence-corrected chi connectivity index (χ2v) is 6.47. The van der Waals surface area contributed by atoms with Gasteiger partial charge in [0.25, 0.3) is 5.91 Å². The van der Waals surface area contributed by atoms with Crippen molar-refractivity contribution < 1.29 is 14.3 Å². The number of hydrogen-bond donors (Lipinski definition) is 1. The topological polar surface area (TPSA) is 72.6 Å². The molecular formula is C20H23ClN2O3. The molecule has 0 aliphatic heterocycles. The summed E-state index contributed by atoms with van der Waals surface area (Å²) in [5.74, 6) is -0.00540. The monoisotopic (exact) mass is 374 g/mol. The number of nitrogens with zero attached hydrogens (tertiary/aromatic N) is 1. The van der Waals surface area contributed by atoms with Crippen molar-refractivity contribution >= 4 is 23.4 Å². The van der Waals surface area contributed by atoms with Crippen molar-refractivity contribution in [1.82, 2.24) is 4.90 Å². The largest absolute Gasteiger partial charge is 0.483 e. The van der Waals surface area contributed by atoms with Crippen LogP contribution in [0.5, 0.6) is 5.75 Å². The molecular weight excluding hydrogens is 352 g/mol. The van der Waals surface area contributed by atoms with Crippen molar-refractivity contribution in [3.8, 4) is 5.75 Å². The molecule has 138 valence electrons. The van der Waals surface area contributed by atoms with Gasteiger partial charge in [0.2, 0.25) is 5.91 Å². The van der Waals surface area contributed by atoms with E-state index in [-0.39, 0.29) is 25.5 Å². The van der Waals surface area contributed by atoms with Crippen LogP contribution in [0.25, 0.3) is 0 Å². The van der Waals surface area contributed by atoms with Crippen LogP contribution < -0.4 is 10.5 Å². The van der Waals surface area contributed by atoms with Gasteiger partial charge in [0.05, 0.1) is 0 Å². The van der Waals surface area contributed by atoms with Gasteiger partial charge in [-0.15, -0.1) is 0 Å². The van der Waals surface area contributed by atoms with Crippen molar-refractivity contribution in [2.45, 2.75) is 19.8 Å². The number of carbonyl (C=O) groups excluding carboxylic acids is 2. The summed E-state index contributed by atoms with van der Waals surface area (Å²) in [6.07, 6.45) is 0.825. The van der Waals surface area contributed by atoms with Crippen LogP contribution in [-0.4, -0.2) is 36.4 Å². The van der Waals surface area contributed by atoms with Gasteiger partial charge < -0.3 is 15.4 Å². The number of nitrogens with two attached hydrogens (primary N) is 1. The van der Waals surface area contributed by atoms with Crippen LogP contribution in [0.3, 0.4) is 0 Å². The van der Waals surface area contributed by atoms with E-state index in [1.54, 1.807) is 23.1 Å². The summed E-state index contributed by atoms with van der Waals surface area (Å²) in [5.41, 5.74) is 7.21. The molecule has 0 bridgehead atoms. The Labute approximate surface area is 158 Å². The van der Waals surface area contributed by atoms with Crippen molar-refractivity contribution in [2.24, 2.45) is 5.73 Å². The smallest absolute Gasteiger partial charge is 0.260 e. The van der Waals surface area contributed by atoms with Gasteiger partial charge in [0.1, 0.15) is 5.75 Å². The fourth-order valence-corrected chi connectivity index (χ4v) is 2.75. The summed E-state index contributed by atoms with van der Waals surface area (Å²) in [6, 6.07) is 15.1. The molecule has 26 heavy (non-hydrogen) atoms.